The number of phosphoric ester groups is 1. The van der Waals surface area contributed by atoms with E-state index in [0.29, 0.717) is 12.8 Å². The van der Waals surface area contributed by atoms with E-state index in [1.165, 1.54) is 77.0 Å². The van der Waals surface area contributed by atoms with Crippen LogP contribution < -0.4 is 0 Å². The highest BCUT2D eigenvalue weighted by atomic mass is 31.2. The first-order valence-electron chi connectivity index (χ1n) is 21.5. The van der Waals surface area contributed by atoms with Crippen molar-refractivity contribution in [1.29, 1.82) is 0 Å². The molecular weight excluding hydrogens is 731 g/mol. The lowest BCUT2D eigenvalue weighted by Gasteiger charge is -2.41. The molecule has 0 aromatic heterocycles. The lowest BCUT2D eigenvalue weighted by molar-refractivity contribution is -0.220. The van der Waals surface area contributed by atoms with Crippen molar-refractivity contribution in [3.05, 3.63) is 12.2 Å². The molecule has 1 aliphatic rings. The van der Waals surface area contributed by atoms with Gasteiger partial charge in [-0.05, 0) is 38.5 Å². The predicted molar refractivity (Wildman–Crippen MR) is 212 cm³/mol. The molecule has 1 rings (SSSR count). The molecule has 0 amide bonds. The largest absolute Gasteiger partial charge is 0.472 e. The van der Waals surface area contributed by atoms with Crippen molar-refractivity contribution in [1.82, 2.24) is 0 Å². The Kier molecular flexibility index (Phi) is 30.5. The highest BCUT2D eigenvalue weighted by Gasteiger charge is 2.51. The Labute approximate surface area is 331 Å². The van der Waals surface area contributed by atoms with Crippen molar-refractivity contribution in [2.45, 2.75) is 224 Å². The highest BCUT2D eigenvalue weighted by Crippen LogP contribution is 2.47. The number of aliphatic hydroxyl groups is 5. The SMILES string of the molecule is CCCCCCCCC/C=C\CCCCCCCC(=O)OC[C@H](COP(=O)(O)OC1C(O)C(O)C(O)[C@@H](O)C1O)OC(=O)CCCCCCCCCCCC. The number of hydrogen-bond donors (Lipinski definition) is 6. The first kappa shape index (κ1) is 51.6. The van der Waals surface area contributed by atoms with Gasteiger partial charge in [0.15, 0.2) is 6.10 Å². The quantitative estimate of drug-likeness (QED) is 0.0159. The van der Waals surface area contributed by atoms with Crippen molar-refractivity contribution in [3.8, 4) is 0 Å². The van der Waals surface area contributed by atoms with Gasteiger partial charge in [0.1, 0.15) is 43.2 Å². The number of esters is 2. The van der Waals surface area contributed by atoms with Gasteiger partial charge in [0.25, 0.3) is 0 Å². The molecule has 13 nitrogen and oxygen atoms in total. The van der Waals surface area contributed by atoms with Gasteiger partial charge in [-0.3, -0.25) is 18.6 Å². The van der Waals surface area contributed by atoms with E-state index in [1.807, 2.05) is 0 Å². The minimum atomic E-state index is -5.11. The number of rotatable bonds is 35. The van der Waals surface area contributed by atoms with Crippen LogP contribution >= 0.6 is 7.82 Å². The molecule has 0 aromatic carbocycles. The fourth-order valence-corrected chi connectivity index (χ4v) is 7.55. The number of carbonyl (C=O) groups is 2. The number of allylic oxidation sites excluding steroid dienone is 2. The Balaban J connectivity index is 2.47. The molecular formula is C41H77O13P. The normalized spacial score (nSPS) is 23.1. The van der Waals surface area contributed by atoms with E-state index in [2.05, 4.69) is 26.0 Å². The summed E-state index contributed by atoms with van der Waals surface area (Å²) in [4.78, 5) is 35.5. The molecule has 0 aliphatic heterocycles. The highest BCUT2D eigenvalue weighted by molar-refractivity contribution is 7.47. The number of unbranched alkanes of at least 4 members (excludes halogenated alkanes) is 21. The summed E-state index contributed by atoms with van der Waals surface area (Å²) in [5.41, 5.74) is 0. The maximum Gasteiger partial charge on any atom is 0.472 e. The van der Waals surface area contributed by atoms with E-state index < -0.39 is 75.7 Å². The molecule has 0 bridgehead atoms. The number of carbonyl (C=O) groups excluding carboxylic acids is 2. The lowest BCUT2D eigenvalue weighted by atomic mass is 9.85. The van der Waals surface area contributed by atoms with Crippen LogP contribution in [0.5, 0.6) is 0 Å². The van der Waals surface area contributed by atoms with Crippen LogP contribution in [-0.2, 0) is 32.7 Å². The van der Waals surface area contributed by atoms with E-state index in [4.69, 9.17) is 18.5 Å². The zero-order valence-electron chi connectivity index (χ0n) is 34.0. The lowest BCUT2D eigenvalue weighted by Crippen LogP contribution is -2.64. The second-order valence-electron chi connectivity index (χ2n) is 15.2. The van der Waals surface area contributed by atoms with Crippen molar-refractivity contribution in [3.63, 3.8) is 0 Å². The predicted octanol–water partition coefficient (Wildman–Crippen LogP) is 7.50. The fraction of sp³-hybridized carbons (Fsp3) is 0.902. The van der Waals surface area contributed by atoms with Crippen LogP contribution in [0.4, 0.5) is 0 Å². The van der Waals surface area contributed by atoms with Gasteiger partial charge in [-0.2, -0.15) is 0 Å². The van der Waals surface area contributed by atoms with E-state index in [0.717, 1.165) is 64.2 Å². The Morgan fingerprint density at radius 3 is 1.38 bits per heavy atom. The number of phosphoric acid groups is 1. The average Bonchev–Trinajstić information content (AvgIpc) is 3.16. The zero-order valence-corrected chi connectivity index (χ0v) is 34.9. The van der Waals surface area contributed by atoms with Crippen molar-refractivity contribution < 1.29 is 63.1 Å². The van der Waals surface area contributed by atoms with Crippen LogP contribution in [0.3, 0.4) is 0 Å². The Hall–Kier alpha value is -1.41. The molecule has 0 spiro atoms. The first-order chi connectivity index (χ1) is 26.4. The molecule has 1 saturated carbocycles. The Morgan fingerprint density at radius 2 is 0.927 bits per heavy atom. The maximum atomic E-state index is 12.8. The third-order valence-electron chi connectivity index (χ3n) is 10.1. The minimum absolute atomic E-state index is 0.0990. The van der Waals surface area contributed by atoms with Crippen LogP contribution in [-0.4, -0.2) is 98.3 Å². The molecule has 0 aromatic rings. The first-order valence-corrected chi connectivity index (χ1v) is 23.0. The van der Waals surface area contributed by atoms with Crippen LogP contribution in [0.15, 0.2) is 12.2 Å². The summed E-state index contributed by atoms with van der Waals surface area (Å²) in [6, 6.07) is 0. The third-order valence-corrected chi connectivity index (χ3v) is 11.1. The topological polar surface area (TPSA) is 210 Å². The molecule has 0 radical (unpaired) electrons. The molecule has 1 aliphatic carbocycles. The summed E-state index contributed by atoms with van der Waals surface area (Å²) in [7, 11) is -5.11. The van der Waals surface area contributed by atoms with Crippen molar-refractivity contribution in [2.75, 3.05) is 13.2 Å². The molecule has 6 N–H and O–H groups in total. The number of hydrogen-bond acceptors (Lipinski definition) is 12. The summed E-state index contributed by atoms with van der Waals surface area (Å²) in [5, 5.41) is 50.0. The van der Waals surface area contributed by atoms with Crippen molar-refractivity contribution in [2.24, 2.45) is 0 Å². The van der Waals surface area contributed by atoms with Gasteiger partial charge < -0.3 is 39.9 Å². The van der Waals surface area contributed by atoms with Gasteiger partial charge >= 0.3 is 19.8 Å². The molecule has 1 fully saturated rings. The number of aliphatic hydroxyl groups excluding tert-OH is 5. The van der Waals surface area contributed by atoms with Gasteiger partial charge in [0, 0.05) is 12.8 Å². The van der Waals surface area contributed by atoms with E-state index in [9.17, 15) is 44.6 Å². The van der Waals surface area contributed by atoms with Crippen LogP contribution in [0, 0.1) is 0 Å². The molecule has 0 saturated heterocycles. The van der Waals surface area contributed by atoms with Gasteiger partial charge in [-0.1, -0.05) is 142 Å². The second-order valence-corrected chi connectivity index (χ2v) is 16.6. The van der Waals surface area contributed by atoms with E-state index >= 15 is 0 Å². The summed E-state index contributed by atoms with van der Waals surface area (Å²) < 4.78 is 33.4. The van der Waals surface area contributed by atoms with E-state index in [1.54, 1.807) is 0 Å². The maximum absolute atomic E-state index is 12.8. The molecule has 324 valence electrons. The molecule has 6 unspecified atom stereocenters. The van der Waals surface area contributed by atoms with Gasteiger partial charge in [-0.15, -0.1) is 0 Å². The monoisotopic (exact) mass is 809 g/mol. The Morgan fingerprint density at radius 1 is 0.545 bits per heavy atom. The van der Waals surface area contributed by atoms with Crippen LogP contribution in [0.1, 0.15) is 181 Å². The summed E-state index contributed by atoms with van der Waals surface area (Å²) >= 11 is 0. The molecule has 0 heterocycles. The van der Waals surface area contributed by atoms with E-state index in [-0.39, 0.29) is 12.8 Å². The minimum Gasteiger partial charge on any atom is -0.462 e. The zero-order chi connectivity index (χ0) is 40.7. The summed E-state index contributed by atoms with van der Waals surface area (Å²) in [5.74, 6) is -1.11. The van der Waals surface area contributed by atoms with Crippen LogP contribution in [0.25, 0.3) is 0 Å². The summed E-state index contributed by atoms with van der Waals surface area (Å²) in [6.45, 7) is 3.26. The standard InChI is InChI=1S/C41H77O13P/c1-3-5-7-9-11-13-15-16-17-18-19-20-22-23-25-27-29-34(42)51-31-33(53-35(43)30-28-26-24-21-14-12-10-8-6-4-2)32-52-55(49,50)54-41-39(47)37(45)36(44)38(46)40(41)48/h17-18,33,36-41,44-48H,3-16,19-32H2,1-2H3,(H,49,50)/b18-17-/t33-,36?,37-,38?,39?,40?,41?/m1/s1. The van der Waals surface area contributed by atoms with Gasteiger partial charge in [0.05, 0.1) is 6.61 Å². The molecule has 14 heteroatoms. The fourth-order valence-electron chi connectivity index (χ4n) is 6.58. The molecule has 8 atom stereocenters. The average molecular weight is 809 g/mol. The van der Waals surface area contributed by atoms with Crippen LogP contribution in [0.2, 0.25) is 0 Å². The Bertz CT molecular complexity index is 1030. The molecule has 55 heavy (non-hydrogen) atoms. The second kappa shape index (κ2) is 32.5. The smallest absolute Gasteiger partial charge is 0.462 e. The third kappa shape index (κ3) is 25.5. The summed E-state index contributed by atoms with van der Waals surface area (Å²) in [6.07, 6.45) is 18.6. The number of ether oxygens (including phenoxy) is 2. The van der Waals surface area contributed by atoms with Crippen molar-refractivity contribution >= 4 is 19.8 Å². The van der Waals surface area contributed by atoms with Gasteiger partial charge in [0.2, 0.25) is 0 Å². The van der Waals surface area contributed by atoms with Gasteiger partial charge in [-0.25, -0.2) is 4.57 Å².